The van der Waals surface area contributed by atoms with Gasteiger partial charge in [0.25, 0.3) is 0 Å². The van der Waals surface area contributed by atoms with Gasteiger partial charge in [-0.05, 0) is 29.7 Å². The first kappa shape index (κ1) is 18.3. The van der Waals surface area contributed by atoms with E-state index in [4.69, 9.17) is 4.42 Å². The lowest BCUT2D eigenvalue weighted by molar-refractivity contribution is -0.122. The second kappa shape index (κ2) is 7.21. The molecule has 1 aromatic heterocycles. The lowest BCUT2D eigenvalue weighted by Crippen LogP contribution is -2.33. The number of hydrogen-bond acceptors (Lipinski definition) is 4. The summed E-state index contributed by atoms with van der Waals surface area (Å²) in [5.74, 6) is 0.136. The smallest absolute Gasteiger partial charge is 0.220 e. The summed E-state index contributed by atoms with van der Waals surface area (Å²) in [5.41, 5.74) is -0.164. The topological polar surface area (TPSA) is 76.4 Å². The van der Waals surface area contributed by atoms with Crippen molar-refractivity contribution in [1.29, 1.82) is 0 Å². The maximum Gasteiger partial charge on any atom is 0.220 e. The highest BCUT2D eigenvalue weighted by Crippen LogP contribution is 2.29. The van der Waals surface area contributed by atoms with Crippen molar-refractivity contribution in [2.24, 2.45) is 5.41 Å². The highest BCUT2D eigenvalue weighted by Gasteiger charge is 2.32. The second-order valence-corrected chi connectivity index (χ2v) is 9.03. The predicted molar refractivity (Wildman–Crippen MR) is 92.2 cm³/mol. The van der Waals surface area contributed by atoms with E-state index in [1.165, 1.54) is 6.26 Å². The fraction of sp³-hybridized carbons (Fsp3) is 0.389. The van der Waals surface area contributed by atoms with Crippen molar-refractivity contribution in [3.05, 3.63) is 54.5 Å². The molecule has 5 nitrogen and oxygen atoms in total. The van der Waals surface area contributed by atoms with Crippen molar-refractivity contribution >= 4 is 15.7 Å². The average Bonchev–Trinajstić information content (AvgIpc) is 3.00. The van der Waals surface area contributed by atoms with Crippen LogP contribution in [0.1, 0.15) is 38.2 Å². The minimum Gasteiger partial charge on any atom is -0.468 e. The van der Waals surface area contributed by atoms with Crippen LogP contribution in [0.5, 0.6) is 0 Å². The third kappa shape index (κ3) is 4.71. The Balaban J connectivity index is 2.23. The fourth-order valence-corrected chi connectivity index (χ4v) is 3.97. The Kier molecular flexibility index (Phi) is 5.49. The van der Waals surface area contributed by atoms with E-state index in [-0.39, 0.29) is 22.8 Å². The van der Waals surface area contributed by atoms with Crippen LogP contribution in [0.2, 0.25) is 0 Å². The Morgan fingerprint density at radius 2 is 1.79 bits per heavy atom. The Bertz CT molecular complexity index is 759. The maximum atomic E-state index is 12.9. The van der Waals surface area contributed by atoms with Crippen molar-refractivity contribution in [3.8, 4) is 0 Å². The summed E-state index contributed by atoms with van der Waals surface area (Å²) in [6, 6.07) is 11.4. The van der Waals surface area contributed by atoms with Gasteiger partial charge in [-0.2, -0.15) is 0 Å². The molecular formula is C18H23NO4S. The number of hydrogen-bond donors (Lipinski definition) is 1. The third-order valence-corrected chi connectivity index (χ3v) is 5.56. The summed E-state index contributed by atoms with van der Waals surface area (Å²) in [6.45, 7) is 5.84. The van der Waals surface area contributed by atoms with Gasteiger partial charge in [-0.25, -0.2) is 8.42 Å². The summed E-state index contributed by atoms with van der Waals surface area (Å²) < 4.78 is 31.1. The first-order valence-electron chi connectivity index (χ1n) is 7.79. The molecule has 1 amide bonds. The fourth-order valence-electron chi connectivity index (χ4n) is 2.36. The quantitative estimate of drug-likeness (QED) is 0.868. The monoisotopic (exact) mass is 349 g/mol. The first-order chi connectivity index (χ1) is 11.2. The van der Waals surface area contributed by atoms with Crippen LogP contribution >= 0.6 is 0 Å². The summed E-state index contributed by atoms with van der Waals surface area (Å²) in [5, 5.41) is 1.77. The molecule has 130 valence electrons. The van der Waals surface area contributed by atoms with Crippen LogP contribution in [-0.4, -0.2) is 20.9 Å². The van der Waals surface area contributed by atoms with Gasteiger partial charge >= 0.3 is 0 Å². The Hall–Kier alpha value is -2.08. The Labute approximate surface area is 143 Å². The number of rotatable bonds is 6. The zero-order chi connectivity index (χ0) is 17.8. The number of benzene rings is 1. The molecule has 1 N–H and O–H groups in total. The van der Waals surface area contributed by atoms with Crippen LogP contribution in [0.3, 0.4) is 0 Å². The molecule has 6 heteroatoms. The summed E-state index contributed by atoms with van der Waals surface area (Å²) in [7, 11) is -3.67. The van der Waals surface area contributed by atoms with Crippen LogP contribution in [0.15, 0.2) is 58.0 Å². The van der Waals surface area contributed by atoms with E-state index in [1.807, 2.05) is 20.8 Å². The molecule has 0 saturated carbocycles. The van der Waals surface area contributed by atoms with Crippen LogP contribution in [0, 0.1) is 5.41 Å². The summed E-state index contributed by atoms with van der Waals surface area (Å²) in [4.78, 5) is 12.3. The number of carbonyl (C=O) groups excluding carboxylic acids is 1. The predicted octanol–water partition coefficient (Wildman–Crippen LogP) is 3.35. The van der Waals surface area contributed by atoms with E-state index in [0.717, 1.165) is 0 Å². The number of sulfone groups is 1. The third-order valence-electron chi connectivity index (χ3n) is 3.48. The van der Waals surface area contributed by atoms with E-state index in [2.05, 4.69) is 5.32 Å². The molecule has 1 aromatic carbocycles. The maximum absolute atomic E-state index is 12.9. The lowest BCUT2D eigenvalue weighted by atomic mass is 9.92. The van der Waals surface area contributed by atoms with Gasteiger partial charge in [-0.1, -0.05) is 39.0 Å². The minimum atomic E-state index is -3.67. The van der Waals surface area contributed by atoms with E-state index < -0.39 is 15.1 Å². The van der Waals surface area contributed by atoms with Gasteiger partial charge in [-0.15, -0.1) is 0 Å². The molecule has 0 aliphatic carbocycles. The molecule has 2 aromatic rings. The highest BCUT2D eigenvalue weighted by atomic mass is 32.2. The van der Waals surface area contributed by atoms with Crippen molar-refractivity contribution in [2.45, 2.75) is 37.3 Å². The van der Waals surface area contributed by atoms with Gasteiger partial charge in [0.2, 0.25) is 5.91 Å². The van der Waals surface area contributed by atoms with E-state index in [0.29, 0.717) is 12.2 Å². The number of carbonyl (C=O) groups is 1. The summed E-state index contributed by atoms with van der Waals surface area (Å²) in [6.07, 6.45) is 1.75. The Morgan fingerprint density at radius 1 is 1.12 bits per heavy atom. The highest BCUT2D eigenvalue weighted by molar-refractivity contribution is 7.91. The number of amides is 1. The van der Waals surface area contributed by atoms with Crippen LogP contribution < -0.4 is 5.32 Å². The molecule has 0 bridgehead atoms. The molecule has 0 saturated heterocycles. The lowest BCUT2D eigenvalue weighted by Gasteiger charge is -2.20. The standard InChI is InChI=1S/C18H23NO4S/c1-18(2,3)12-17(20)19-13-16(15-10-7-11-23-15)24(21,22)14-8-5-4-6-9-14/h4-11,16H,12-13H2,1-3H3,(H,19,20). The van der Waals surface area contributed by atoms with E-state index >= 15 is 0 Å². The first-order valence-corrected chi connectivity index (χ1v) is 9.34. The molecule has 1 unspecified atom stereocenters. The zero-order valence-electron chi connectivity index (χ0n) is 14.2. The molecule has 0 radical (unpaired) electrons. The molecule has 0 spiro atoms. The molecule has 2 rings (SSSR count). The van der Waals surface area contributed by atoms with Gasteiger partial charge < -0.3 is 9.73 Å². The molecular weight excluding hydrogens is 326 g/mol. The molecule has 24 heavy (non-hydrogen) atoms. The SMILES string of the molecule is CC(C)(C)CC(=O)NCC(c1ccco1)S(=O)(=O)c1ccccc1. The van der Waals surface area contributed by atoms with Crippen LogP contribution in [-0.2, 0) is 14.6 Å². The summed E-state index contributed by atoms with van der Waals surface area (Å²) >= 11 is 0. The van der Waals surface area contributed by atoms with Crippen molar-refractivity contribution in [3.63, 3.8) is 0 Å². The minimum absolute atomic E-state index is 0.0281. The second-order valence-electron chi connectivity index (χ2n) is 6.90. The van der Waals surface area contributed by atoms with Crippen molar-refractivity contribution < 1.29 is 17.6 Å². The molecule has 0 aliphatic heterocycles. The molecule has 0 fully saturated rings. The molecule has 0 aliphatic rings. The normalized spacial score (nSPS) is 13.5. The largest absolute Gasteiger partial charge is 0.468 e. The zero-order valence-corrected chi connectivity index (χ0v) is 15.0. The average molecular weight is 349 g/mol. The van der Waals surface area contributed by atoms with E-state index in [1.54, 1.807) is 42.5 Å². The van der Waals surface area contributed by atoms with Crippen LogP contribution in [0.4, 0.5) is 0 Å². The molecule has 1 heterocycles. The van der Waals surface area contributed by atoms with Crippen LogP contribution in [0.25, 0.3) is 0 Å². The van der Waals surface area contributed by atoms with Gasteiger partial charge in [-0.3, -0.25) is 4.79 Å². The van der Waals surface area contributed by atoms with Gasteiger partial charge in [0.05, 0.1) is 11.2 Å². The van der Waals surface area contributed by atoms with E-state index in [9.17, 15) is 13.2 Å². The number of furan rings is 1. The van der Waals surface area contributed by atoms with Gasteiger partial charge in [0.1, 0.15) is 11.0 Å². The Morgan fingerprint density at radius 3 is 2.33 bits per heavy atom. The molecule has 1 atom stereocenters. The van der Waals surface area contributed by atoms with Crippen molar-refractivity contribution in [2.75, 3.05) is 6.54 Å². The van der Waals surface area contributed by atoms with Gasteiger partial charge in [0, 0.05) is 13.0 Å². The van der Waals surface area contributed by atoms with Gasteiger partial charge in [0.15, 0.2) is 9.84 Å². The number of nitrogens with one attached hydrogen (secondary N) is 1. The van der Waals surface area contributed by atoms with Crippen molar-refractivity contribution in [1.82, 2.24) is 5.32 Å².